The maximum atomic E-state index is 5.22. The average molecular weight is 356 g/mol. The van der Waals surface area contributed by atoms with E-state index in [0.29, 0.717) is 5.41 Å². The van der Waals surface area contributed by atoms with E-state index in [1.165, 1.54) is 31.2 Å². The van der Waals surface area contributed by atoms with Gasteiger partial charge < -0.3 is 9.64 Å². The van der Waals surface area contributed by atoms with Crippen LogP contribution in [0.3, 0.4) is 0 Å². The van der Waals surface area contributed by atoms with Gasteiger partial charge in [-0.3, -0.25) is 0 Å². The maximum Gasteiger partial charge on any atom is 0.118 e. The number of halogens is 1. The number of hydrogen-bond acceptors (Lipinski definition) is 2. The SMILES string of the molecule is CCCC(CBr)(CCC)CN(C)Cc1ccc(OC)cc1. The smallest absolute Gasteiger partial charge is 0.118 e. The van der Waals surface area contributed by atoms with Crippen LogP contribution in [0.15, 0.2) is 24.3 Å². The van der Waals surface area contributed by atoms with Crippen molar-refractivity contribution in [2.45, 2.75) is 46.1 Å². The number of alkyl halides is 1. The number of rotatable bonds is 10. The first-order valence-electron chi connectivity index (χ1n) is 7.96. The van der Waals surface area contributed by atoms with Crippen molar-refractivity contribution in [2.24, 2.45) is 5.41 Å². The minimum Gasteiger partial charge on any atom is -0.497 e. The molecular weight excluding hydrogens is 326 g/mol. The molecule has 1 aromatic rings. The van der Waals surface area contributed by atoms with Crippen LogP contribution in [-0.4, -0.2) is 30.9 Å². The molecule has 3 heteroatoms. The summed E-state index contributed by atoms with van der Waals surface area (Å²) in [5.41, 5.74) is 1.75. The lowest BCUT2D eigenvalue weighted by molar-refractivity contribution is 0.166. The van der Waals surface area contributed by atoms with Crippen LogP contribution in [0, 0.1) is 5.41 Å². The first-order valence-corrected chi connectivity index (χ1v) is 9.08. The Morgan fingerprint density at radius 1 is 1.10 bits per heavy atom. The zero-order valence-corrected chi connectivity index (χ0v) is 15.6. The minimum atomic E-state index is 0.407. The van der Waals surface area contributed by atoms with Crippen molar-refractivity contribution < 1.29 is 4.74 Å². The third-order valence-corrected chi connectivity index (χ3v) is 5.25. The van der Waals surface area contributed by atoms with E-state index < -0.39 is 0 Å². The fourth-order valence-electron chi connectivity index (χ4n) is 3.19. The monoisotopic (exact) mass is 355 g/mol. The number of ether oxygens (including phenoxy) is 1. The Balaban J connectivity index is 2.65. The highest BCUT2D eigenvalue weighted by atomic mass is 79.9. The Morgan fingerprint density at radius 3 is 2.10 bits per heavy atom. The molecule has 0 radical (unpaired) electrons. The summed E-state index contributed by atoms with van der Waals surface area (Å²) >= 11 is 3.76. The van der Waals surface area contributed by atoms with Crippen LogP contribution in [-0.2, 0) is 6.54 Å². The Hall–Kier alpha value is -0.540. The quantitative estimate of drug-likeness (QED) is 0.540. The molecule has 1 aromatic carbocycles. The molecule has 0 fully saturated rings. The van der Waals surface area contributed by atoms with Gasteiger partial charge in [0.05, 0.1) is 7.11 Å². The molecule has 0 aliphatic rings. The molecule has 0 spiro atoms. The van der Waals surface area contributed by atoms with Crippen LogP contribution >= 0.6 is 15.9 Å². The van der Waals surface area contributed by atoms with Gasteiger partial charge in [0.25, 0.3) is 0 Å². The van der Waals surface area contributed by atoms with E-state index in [-0.39, 0.29) is 0 Å². The van der Waals surface area contributed by atoms with Gasteiger partial charge in [0.1, 0.15) is 5.75 Å². The van der Waals surface area contributed by atoms with E-state index in [4.69, 9.17) is 4.74 Å². The summed E-state index contributed by atoms with van der Waals surface area (Å²) < 4.78 is 5.22. The topological polar surface area (TPSA) is 12.5 Å². The minimum absolute atomic E-state index is 0.407. The summed E-state index contributed by atoms with van der Waals surface area (Å²) in [6.45, 7) is 6.71. The van der Waals surface area contributed by atoms with E-state index in [1.54, 1.807) is 7.11 Å². The van der Waals surface area contributed by atoms with Gasteiger partial charge in [0.2, 0.25) is 0 Å². The van der Waals surface area contributed by atoms with Gasteiger partial charge in [-0.1, -0.05) is 54.8 Å². The second kappa shape index (κ2) is 9.47. The highest BCUT2D eigenvalue weighted by Crippen LogP contribution is 2.33. The molecule has 0 saturated heterocycles. The van der Waals surface area contributed by atoms with Gasteiger partial charge in [-0.15, -0.1) is 0 Å². The fourth-order valence-corrected chi connectivity index (χ4v) is 3.93. The zero-order valence-electron chi connectivity index (χ0n) is 14.0. The predicted molar refractivity (Wildman–Crippen MR) is 95.4 cm³/mol. The summed E-state index contributed by atoms with van der Waals surface area (Å²) in [6.07, 6.45) is 5.09. The lowest BCUT2D eigenvalue weighted by Crippen LogP contribution is -2.36. The van der Waals surface area contributed by atoms with Gasteiger partial charge >= 0.3 is 0 Å². The summed E-state index contributed by atoms with van der Waals surface area (Å²) in [4.78, 5) is 2.45. The molecule has 1 rings (SSSR count). The molecule has 120 valence electrons. The Morgan fingerprint density at radius 2 is 1.67 bits per heavy atom. The van der Waals surface area contributed by atoms with Gasteiger partial charge in [0, 0.05) is 18.4 Å². The zero-order chi connectivity index (χ0) is 15.7. The van der Waals surface area contributed by atoms with Gasteiger partial charge in [-0.25, -0.2) is 0 Å². The summed E-state index contributed by atoms with van der Waals surface area (Å²) in [5, 5.41) is 1.09. The molecule has 0 heterocycles. The van der Waals surface area contributed by atoms with E-state index >= 15 is 0 Å². The van der Waals surface area contributed by atoms with Gasteiger partial charge in [-0.2, -0.15) is 0 Å². The number of methoxy groups -OCH3 is 1. The van der Waals surface area contributed by atoms with Crippen molar-refractivity contribution in [1.29, 1.82) is 0 Å². The number of benzene rings is 1. The van der Waals surface area contributed by atoms with E-state index in [9.17, 15) is 0 Å². The van der Waals surface area contributed by atoms with Crippen LogP contribution in [0.2, 0.25) is 0 Å². The van der Waals surface area contributed by atoms with Crippen molar-refractivity contribution in [3.63, 3.8) is 0 Å². The van der Waals surface area contributed by atoms with Crippen LogP contribution < -0.4 is 4.74 Å². The summed E-state index contributed by atoms with van der Waals surface area (Å²) in [6, 6.07) is 8.40. The van der Waals surface area contributed by atoms with E-state index in [2.05, 4.69) is 53.9 Å². The van der Waals surface area contributed by atoms with Crippen LogP contribution in [0.1, 0.15) is 45.1 Å². The molecule has 0 atom stereocenters. The van der Waals surface area contributed by atoms with Crippen molar-refractivity contribution in [1.82, 2.24) is 4.90 Å². The highest BCUT2D eigenvalue weighted by molar-refractivity contribution is 9.09. The molecule has 0 unspecified atom stereocenters. The molecule has 0 aliphatic heterocycles. The van der Waals surface area contributed by atoms with E-state index in [1.807, 2.05) is 12.1 Å². The lowest BCUT2D eigenvalue weighted by Gasteiger charge is -2.36. The van der Waals surface area contributed by atoms with Crippen molar-refractivity contribution >= 4 is 15.9 Å². The number of hydrogen-bond donors (Lipinski definition) is 0. The first kappa shape index (κ1) is 18.5. The molecule has 0 amide bonds. The Bertz CT molecular complexity index is 385. The van der Waals surface area contributed by atoms with Crippen molar-refractivity contribution in [3.8, 4) is 5.75 Å². The molecule has 0 aliphatic carbocycles. The molecule has 0 N–H and O–H groups in total. The van der Waals surface area contributed by atoms with E-state index in [0.717, 1.165) is 24.2 Å². The average Bonchev–Trinajstić information content (AvgIpc) is 2.48. The first-order chi connectivity index (χ1) is 10.1. The molecule has 2 nitrogen and oxygen atoms in total. The molecule has 21 heavy (non-hydrogen) atoms. The van der Waals surface area contributed by atoms with Gasteiger partial charge in [-0.05, 0) is 43.0 Å². The fraction of sp³-hybridized carbons (Fsp3) is 0.667. The largest absolute Gasteiger partial charge is 0.497 e. The Labute approximate surface area is 139 Å². The predicted octanol–water partition coefficient (Wildman–Crippen LogP) is 5.11. The second-order valence-electron chi connectivity index (χ2n) is 6.15. The summed E-state index contributed by atoms with van der Waals surface area (Å²) in [7, 11) is 3.94. The van der Waals surface area contributed by atoms with Crippen molar-refractivity contribution in [2.75, 3.05) is 26.0 Å². The third kappa shape index (κ3) is 5.99. The summed E-state index contributed by atoms with van der Waals surface area (Å²) in [5.74, 6) is 0.924. The standard InChI is InChI=1S/C18H30BrNO/c1-5-11-18(14-19,12-6-2)15-20(3)13-16-7-9-17(21-4)10-8-16/h7-10H,5-6,11-15H2,1-4H3. The normalized spacial score (nSPS) is 11.9. The maximum absolute atomic E-state index is 5.22. The van der Waals surface area contributed by atoms with Gasteiger partial charge in [0.15, 0.2) is 0 Å². The van der Waals surface area contributed by atoms with Crippen LogP contribution in [0.25, 0.3) is 0 Å². The Kier molecular flexibility index (Phi) is 8.35. The molecular formula is C18H30BrNO. The number of nitrogens with zero attached hydrogens (tertiary/aromatic N) is 1. The van der Waals surface area contributed by atoms with Crippen LogP contribution in [0.5, 0.6) is 5.75 Å². The lowest BCUT2D eigenvalue weighted by atomic mass is 9.80. The molecule has 0 bridgehead atoms. The molecule has 0 aromatic heterocycles. The van der Waals surface area contributed by atoms with Crippen molar-refractivity contribution in [3.05, 3.63) is 29.8 Å². The van der Waals surface area contributed by atoms with Crippen LogP contribution in [0.4, 0.5) is 0 Å². The third-order valence-electron chi connectivity index (χ3n) is 4.06. The highest BCUT2D eigenvalue weighted by Gasteiger charge is 2.28. The second-order valence-corrected chi connectivity index (χ2v) is 6.71. The molecule has 0 saturated carbocycles.